The number of allylic oxidation sites excluding steroid dienone is 14. The summed E-state index contributed by atoms with van der Waals surface area (Å²) in [5, 5.41) is 9.66. The maximum Gasteiger partial charge on any atom is 0.306 e. The zero-order valence-corrected chi connectivity index (χ0v) is 40.4. The monoisotopic (exact) mass is 849 g/mol. The smallest absolute Gasteiger partial charge is 0.306 e. The Morgan fingerprint density at radius 2 is 0.738 bits per heavy atom. The van der Waals surface area contributed by atoms with Gasteiger partial charge >= 0.3 is 5.97 Å². The SMILES string of the molecule is CC/C=C\C/C=C\C/C=C\C/C=C\C/C=C\C/C=C\CCCCCCCCC(=O)OC(CO)COCCCCCCCCCCCCCC/C=C\CCCCCCCCCC. The van der Waals surface area contributed by atoms with E-state index in [1.165, 1.54) is 154 Å². The molecule has 0 amide bonds. The topological polar surface area (TPSA) is 55.8 Å². The Hall–Kier alpha value is -2.43. The van der Waals surface area contributed by atoms with Crippen LogP contribution in [0.1, 0.15) is 245 Å². The van der Waals surface area contributed by atoms with Crippen molar-refractivity contribution >= 4 is 5.97 Å². The second-order valence-electron chi connectivity index (χ2n) is 17.2. The predicted molar refractivity (Wildman–Crippen MR) is 269 cm³/mol. The highest BCUT2D eigenvalue weighted by atomic mass is 16.6. The van der Waals surface area contributed by atoms with E-state index >= 15 is 0 Å². The highest BCUT2D eigenvalue weighted by Crippen LogP contribution is 2.15. The van der Waals surface area contributed by atoms with E-state index in [0.29, 0.717) is 13.0 Å². The van der Waals surface area contributed by atoms with E-state index < -0.39 is 6.10 Å². The van der Waals surface area contributed by atoms with Gasteiger partial charge in [0.15, 0.2) is 0 Å². The van der Waals surface area contributed by atoms with Crippen molar-refractivity contribution in [3.05, 3.63) is 85.1 Å². The van der Waals surface area contributed by atoms with E-state index in [9.17, 15) is 9.90 Å². The molecule has 0 spiro atoms. The van der Waals surface area contributed by atoms with Crippen molar-refractivity contribution in [3.63, 3.8) is 0 Å². The highest BCUT2D eigenvalue weighted by molar-refractivity contribution is 5.69. The molecule has 1 atom stereocenters. The number of hydrogen-bond acceptors (Lipinski definition) is 4. The lowest BCUT2D eigenvalue weighted by molar-refractivity contribution is -0.154. The standard InChI is InChI=1S/C57H100O4/c1-3-5-7-9-11-13-15-17-19-21-23-25-27-29-30-32-34-36-38-40-42-44-46-48-50-52-57(59)61-56(54-58)55-60-53-51-49-47-45-43-41-39-37-35-33-31-28-26-24-22-20-18-16-14-12-10-8-6-4-2/h5,7,11,13,17,19,22-25,29-30,34,36,56,58H,3-4,6,8-10,12,14-16,18,20-21,26-28,31-33,35,37-55H2,1-2H3/b7-5-,13-11-,19-17-,24-22-,25-23-,30-29-,36-34-. The number of esters is 1. The third-order valence-corrected chi connectivity index (χ3v) is 11.2. The van der Waals surface area contributed by atoms with Gasteiger partial charge in [-0.25, -0.2) is 0 Å². The number of unbranched alkanes of at least 4 members (excludes halogenated alkanes) is 26. The zero-order valence-electron chi connectivity index (χ0n) is 40.4. The van der Waals surface area contributed by atoms with E-state index in [-0.39, 0.29) is 19.2 Å². The lowest BCUT2D eigenvalue weighted by atomic mass is 10.0. The molecule has 0 saturated heterocycles. The quantitative estimate of drug-likeness (QED) is 0.0376. The Labute approximate surface area is 380 Å². The van der Waals surface area contributed by atoms with Gasteiger partial charge in [0, 0.05) is 13.0 Å². The van der Waals surface area contributed by atoms with Crippen molar-refractivity contribution in [1.29, 1.82) is 0 Å². The molecule has 0 radical (unpaired) electrons. The molecule has 0 saturated carbocycles. The van der Waals surface area contributed by atoms with Crippen LogP contribution in [0.25, 0.3) is 0 Å². The molecule has 0 bridgehead atoms. The molecule has 0 aliphatic rings. The van der Waals surface area contributed by atoms with Crippen LogP contribution < -0.4 is 0 Å². The molecule has 1 unspecified atom stereocenters. The van der Waals surface area contributed by atoms with Gasteiger partial charge in [-0.15, -0.1) is 0 Å². The predicted octanol–water partition coefficient (Wildman–Crippen LogP) is 17.9. The molecule has 61 heavy (non-hydrogen) atoms. The first-order chi connectivity index (χ1) is 30.2. The Morgan fingerprint density at radius 3 is 1.13 bits per heavy atom. The molecule has 0 aromatic rings. The summed E-state index contributed by atoms with van der Waals surface area (Å²) in [5.41, 5.74) is 0. The first-order valence-corrected chi connectivity index (χ1v) is 26.2. The minimum atomic E-state index is -0.548. The van der Waals surface area contributed by atoms with E-state index in [0.717, 1.165) is 70.6 Å². The molecule has 0 rings (SSSR count). The first kappa shape index (κ1) is 58.6. The third-order valence-electron chi connectivity index (χ3n) is 11.2. The lowest BCUT2D eigenvalue weighted by Gasteiger charge is -2.16. The van der Waals surface area contributed by atoms with Gasteiger partial charge in [0.1, 0.15) is 6.10 Å². The summed E-state index contributed by atoms with van der Waals surface area (Å²) in [6, 6.07) is 0. The summed E-state index contributed by atoms with van der Waals surface area (Å²) in [4.78, 5) is 12.3. The van der Waals surface area contributed by atoms with Crippen molar-refractivity contribution in [2.75, 3.05) is 19.8 Å². The number of aliphatic hydroxyl groups excluding tert-OH is 1. The van der Waals surface area contributed by atoms with Crippen molar-refractivity contribution in [2.45, 2.75) is 251 Å². The van der Waals surface area contributed by atoms with Gasteiger partial charge < -0.3 is 14.6 Å². The van der Waals surface area contributed by atoms with Crippen molar-refractivity contribution in [1.82, 2.24) is 0 Å². The minimum absolute atomic E-state index is 0.181. The first-order valence-electron chi connectivity index (χ1n) is 26.2. The van der Waals surface area contributed by atoms with Crippen LogP contribution in [0.4, 0.5) is 0 Å². The number of hydrogen-bond donors (Lipinski definition) is 1. The second-order valence-corrected chi connectivity index (χ2v) is 17.2. The summed E-state index contributed by atoms with van der Waals surface area (Å²) in [7, 11) is 0. The van der Waals surface area contributed by atoms with Crippen LogP contribution in [-0.4, -0.2) is 37.0 Å². The van der Waals surface area contributed by atoms with E-state index in [2.05, 4.69) is 98.9 Å². The molecule has 1 N–H and O–H groups in total. The number of carbonyl (C=O) groups excluding carboxylic acids is 1. The number of carbonyl (C=O) groups is 1. The van der Waals surface area contributed by atoms with Crippen LogP contribution in [0, 0.1) is 0 Å². The van der Waals surface area contributed by atoms with Crippen LogP contribution in [0.2, 0.25) is 0 Å². The molecular formula is C57H100O4. The van der Waals surface area contributed by atoms with Crippen LogP contribution in [0.5, 0.6) is 0 Å². The van der Waals surface area contributed by atoms with Crippen molar-refractivity contribution < 1.29 is 19.4 Å². The van der Waals surface area contributed by atoms with E-state index in [1.807, 2.05) is 0 Å². The van der Waals surface area contributed by atoms with Gasteiger partial charge in [-0.05, 0) is 89.9 Å². The zero-order chi connectivity index (χ0) is 44.0. The Bertz CT molecular complexity index is 1080. The number of ether oxygens (including phenoxy) is 2. The maximum absolute atomic E-state index is 12.3. The number of rotatable bonds is 48. The summed E-state index contributed by atoms with van der Waals surface area (Å²) in [6.07, 6.45) is 75.3. The van der Waals surface area contributed by atoms with Crippen LogP contribution in [-0.2, 0) is 14.3 Å². The fraction of sp³-hybridized carbons (Fsp3) is 0.737. The van der Waals surface area contributed by atoms with Gasteiger partial charge in [-0.1, -0.05) is 234 Å². The van der Waals surface area contributed by atoms with Crippen LogP contribution >= 0.6 is 0 Å². The molecule has 352 valence electrons. The molecule has 0 aliphatic heterocycles. The van der Waals surface area contributed by atoms with E-state index in [1.54, 1.807) is 0 Å². The van der Waals surface area contributed by atoms with Gasteiger partial charge in [0.2, 0.25) is 0 Å². The molecule has 0 heterocycles. The number of aliphatic hydroxyl groups is 1. The maximum atomic E-state index is 12.3. The third kappa shape index (κ3) is 51.8. The van der Waals surface area contributed by atoms with Gasteiger partial charge in [-0.2, -0.15) is 0 Å². The van der Waals surface area contributed by atoms with Gasteiger partial charge in [0.25, 0.3) is 0 Å². The molecular weight excluding hydrogens is 749 g/mol. The Balaban J connectivity index is 3.47. The van der Waals surface area contributed by atoms with Crippen LogP contribution in [0.3, 0.4) is 0 Å². The van der Waals surface area contributed by atoms with Gasteiger partial charge in [0.05, 0.1) is 13.2 Å². The van der Waals surface area contributed by atoms with Crippen LogP contribution in [0.15, 0.2) is 85.1 Å². The largest absolute Gasteiger partial charge is 0.457 e. The van der Waals surface area contributed by atoms with Crippen molar-refractivity contribution in [3.8, 4) is 0 Å². The summed E-state index contributed by atoms with van der Waals surface area (Å²) in [5.74, 6) is -0.215. The molecule has 4 heteroatoms. The summed E-state index contributed by atoms with van der Waals surface area (Å²) >= 11 is 0. The molecule has 0 aliphatic carbocycles. The average molecular weight is 849 g/mol. The fourth-order valence-corrected chi connectivity index (χ4v) is 7.33. The summed E-state index contributed by atoms with van der Waals surface area (Å²) in [6.45, 7) is 5.23. The van der Waals surface area contributed by atoms with Crippen molar-refractivity contribution in [2.24, 2.45) is 0 Å². The average Bonchev–Trinajstić information content (AvgIpc) is 3.27. The molecule has 4 nitrogen and oxygen atoms in total. The summed E-state index contributed by atoms with van der Waals surface area (Å²) < 4.78 is 11.2. The van der Waals surface area contributed by atoms with E-state index in [4.69, 9.17) is 9.47 Å². The Kier molecular flexibility index (Phi) is 51.6. The molecule has 0 aromatic carbocycles. The fourth-order valence-electron chi connectivity index (χ4n) is 7.33. The molecule has 0 fully saturated rings. The minimum Gasteiger partial charge on any atom is -0.457 e. The second kappa shape index (κ2) is 53.7. The Morgan fingerprint density at radius 1 is 0.410 bits per heavy atom. The molecule has 0 aromatic heterocycles. The van der Waals surface area contributed by atoms with Gasteiger partial charge in [-0.3, -0.25) is 4.79 Å². The highest BCUT2D eigenvalue weighted by Gasteiger charge is 2.13. The lowest BCUT2D eigenvalue weighted by Crippen LogP contribution is -2.27. The normalized spacial score (nSPS) is 13.0.